The van der Waals surface area contributed by atoms with Gasteiger partial charge in [-0.2, -0.15) is 4.31 Å². The number of hydrogen-bond donors (Lipinski definition) is 1. The fourth-order valence-electron chi connectivity index (χ4n) is 2.29. The minimum Gasteiger partial charge on any atom is -0.481 e. The first-order valence-corrected chi connectivity index (χ1v) is 8.49. The van der Waals surface area contributed by atoms with E-state index in [2.05, 4.69) is 0 Å². The molecule has 1 aliphatic heterocycles. The summed E-state index contributed by atoms with van der Waals surface area (Å²) in [4.78, 5) is 11.2. The molecule has 19 heavy (non-hydrogen) atoms. The SMILES string of the molecule is CC1CCCCN1S(=O)(=O)c1ccc(CC(=O)O)s1. The highest BCUT2D eigenvalue weighted by Gasteiger charge is 2.32. The first kappa shape index (κ1) is 14.5. The van der Waals surface area contributed by atoms with Gasteiger partial charge in [0.05, 0.1) is 6.42 Å². The molecule has 0 spiro atoms. The Balaban J connectivity index is 2.23. The molecule has 0 radical (unpaired) electrons. The lowest BCUT2D eigenvalue weighted by atomic mass is 10.1. The fourth-order valence-corrected chi connectivity index (χ4v) is 5.46. The van der Waals surface area contributed by atoms with E-state index in [0.717, 1.165) is 30.6 Å². The molecule has 1 N–H and O–H groups in total. The van der Waals surface area contributed by atoms with Gasteiger partial charge in [0.2, 0.25) is 0 Å². The topological polar surface area (TPSA) is 74.7 Å². The Morgan fingerprint density at radius 2 is 2.21 bits per heavy atom. The molecule has 0 saturated carbocycles. The van der Waals surface area contributed by atoms with Gasteiger partial charge in [0.1, 0.15) is 4.21 Å². The number of thiophene rings is 1. The predicted molar refractivity (Wildman–Crippen MR) is 72.9 cm³/mol. The van der Waals surface area contributed by atoms with E-state index in [1.54, 1.807) is 6.07 Å². The first-order chi connectivity index (χ1) is 8.91. The number of nitrogens with zero attached hydrogens (tertiary/aromatic N) is 1. The summed E-state index contributed by atoms with van der Waals surface area (Å²) in [5, 5.41) is 8.72. The summed E-state index contributed by atoms with van der Waals surface area (Å²) < 4.78 is 26.8. The second-order valence-electron chi connectivity index (χ2n) is 4.75. The van der Waals surface area contributed by atoms with Gasteiger partial charge in [-0.3, -0.25) is 4.79 Å². The number of carboxylic acids is 1. The van der Waals surface area contributed by atoms with Crippen molar-refractivity contribution in [2.24, 2.45) is 0 Å². The first-order valence-electron chi connectivity index (χ1n) is 6.23. The summed E-state index contributed by atoms with van der Waals surface area (Å²) in [6.07, 6.45) is 2.70. The summed E-state index contributed by atoms with van der Waals surface area (Å²) in [6, 6.07) is 3.11. The maximum Gasteiger partial charge on any atom is 0.308 e. The Labute approximate surface area is 116 Å². The molecule has 0 aliphatic carbocycles. The van der Waals surface area contributed by atoms with E-state index in [4.69, 9.17) is 5.11 Å². The highest BCUT2D eigenvalue weighted by atomic mass is 32.2. The minimum absolute atomic E-state index is 0.0174. The number of piperidine rings is 1. The molecule has 1 aliphatic rings. The molecule has 1 saturated heterocycles. The largest absolute Gasteiger partial charge is 0.481 e. The van der Waals surface area contributed by atoms with Crippen molar-refractivity contribution < 1.29 is 18.3 Å². The molecule has 2 heterocycles. The van der Waals surface area contributed by atoms with Crippen molar-refractivity contribution in [1.29, 1.82) is 0 Å². The second-order valence-corrected chi connectivity index (χ2v) is 8.04. The zero-order chi connectivity index (χ0) is 14.0. The number of aliphatic carboxylic acids is 1. The number of hydrogen-bond acceptors (Lipinski definition) is 4. The van der Waals surface area contributed by atoms with Crippen LogP contribution in [0.1, 0.15) is 31.1 Å². The second kappa shape index (κ2) is 5.60. The van der Waals surface area contributed by atoms with Crippen LogP contribution in [0.4, 0.5) is 0 Å². The minimum atomic E-state index is -3.47. The number of carboxylic acid groups (broad SMARTS) is 1. The highest BCUT2D eigenvalue weighted by Crippen LogP contribution is 2.29. The van der Waals surface area contributed by atoms with Crippen LogP contribution in [-0.4, -0.2) is 36.4 Å². The van der Waals surface area contributed by atoms with Crippen LogP contribution in [0.25, 0.3) is 0 Å². The van der Waals surface area contributed by atoms with Crippen LogP contribution in [-0.2, 0) is 21.2 Å². The quantitative estimate of drug-likeness (QED) is 0.922. The average molecular weight is 303 g/mol. The van der Waals surface area contributed by atoms with Gasteiger partial charge in [-0.05, 0) is 31.9 Å². The van der Waals surface area contributed by atoms with Crippen LogP contribution in [0.3, 0.4) is 0 Å². The van der Waals surface area contributed by atoms with E-state index < -0.39 is 16.0 Å². The van der Waals surface area contributed by atoms with Crippen molar-refractivity contribution in [3.8, 4) is 0 Å². The van der Waals surface area contributed by atoms with Crippen LogP contribution >= 0.6 is 11.3 Å². The lowest BCUT2D eigenvalue weighted by Crippen LogP contribution is -2.41. The van der Waals surface area contributed by atoms with Gasteiger partial charge in [-0.15, -0.1) is 11.3 Å². The van der Waals surface area contributed by atoms with Crippen LogP contribution in [0.2, 0.25) is 0 Å². The molecule has 0 amide bonds. The van der Waals surface area contributed by atoms with Crippen LogP contribution in [0.15, 0.2) is 16.3 Å². The summed E-state index contributed by atoms with van der Waals surface area (Å²) in [7, 11) is -3.47. The molecular formula is C12H17NO4S2. The maximum absolute atomic E-state index is 12.5. The predicted octanol–water partition coefficient (Wildman–Crippen LogP) is 1.94. The van der Waals surface area contributed by atoms with E-state index in [1.165, 1.54) is 10.4 Å². The van der Waals surface area contributed by atoms with Crippen LogP contribution in [0, 0.1) is 0 Å². The Bertz CT molecular complexity index is 564. The van der Waals surface area contributed by atoms with Gasteiger partial charge in [0.25, 0.3) is 10.0 Å². The van der Waals surface area contributed by atoms with E-state index in [1.807, 2.05) is 6.92 Å². The summed E-state index contributed by atoms with van der Waals surface area (Å²) in [5.41, 5.74) is 0. The molecule has 7 heteroatoms. The van der Waals surface area contributed by atoms with Crippen LogP contribution < -0.4 is 0 Å². The Morgan fingerprint density at radius 3 is 2.84 bits per heavy atom. The van der Waals surface area contributed by atoms with Crippen molar-refractivity contribution in [2.45, 2.75) is 42.9 Å². The van der Waals surface area contributed by atoms with E-state index in [0.29, 0.717) is 11.4 Å². The molecule has 1 aromatic heterocycles. The van der Waals surface area contributed by atoms with Gasteiger partial charge < -0.3 is 5.11 Å². The standard InChI is InChI=1S/C12H17NO4S2/c1-9-4-2-3-7-13(9)19(16,17)12-6-5-10(18-12)8-11(14)15/h5-6,9H,2-4,7-8H2,1H3,(H,14,15). The molecule has 0 aromatic carbocycles. The van der Waals surface area contributed by atoms with Gasteiger partial charge >= 0.3 is 5.97 Å². The van der Waals surface area contributed by atoms with Crippen LogP contribution in [0.5, 0.6) is 0 Å². The van der Waals surface area contributed by atoms with E-state index in [9.17, 15) is 13.2 Å². The number of carbonyl (C=O) groups is 1. The molecule has 106 valence electrons. The van der Waals surface area contributed by atoms with Crippen molar-refractivity contribution in [3.05, 3.63) is 17.0 Å². The van der Waals surface area contributed by atoms with E-state index >= 15 is 0 Å². The summed E-state index contributed by atoms with van der Waals surface area (Å²) in [6.45, 7) is 2.47. The summed E-state index contributed by atoms with van der Waals surface area (Å²) >= 11 is 1.05. The lowest BCUT2D eigenvalue weighted by Gasteiger charge is -2.31. The number of rotatable bonds is 4. The maximum atomic E-state index is 12.5. The zero-order valence-electron chi connectivity index (χ0n) is 10.7. The Hall–Kier alpha value is -0.920. The highest BCUT2D eigenvalue weighted by molar-refractivity contribution is 7.91. The molecular weight excluding hydrogens is 286 g/mol. The Morgan fingerprint density at radius 1 is 1.47 bits per heavy atom. The molecule has 1 aromatic rings. The smallest absolute Gasteiger partial charge is 0.308 e. The van der Waals surface area contributed by atoms with Gasteiger partial charge in [0.15, 0.2) is 0 Å². The average Bonchev–Trinajstić information content (AvgIpc) is 2.77. The van der Waals surface area contributed by atoms with Gasteiger partial charge in [-0.25, -0.2) is 8.42 Å². The fraction of sp³-hybridized carbons (Fsp3) is 0.583. The Kier molecular flexibility index (Phi) is 4.27. The molecule has 1 atom stereocenters. The molecule has 2 rings (SSSR count). The molecule has 1 fully saturated rings. The lowest BCUT2D eigenvalue weighted by molar-refractivity contribution is -0.136. The molecule has 1 unspecified atom stereocenters. The van der Waals surface area contributed by atoms with Crippen molar-refractivity contribution in [1.82, 2.24) is 4.31 Å². The third-order valence-corrected chi connectivity index (χ3v) is 6.83. The van der Waals surface area contributed by atoms with Gasteiger partial charge in [-0.1, -0.05) is 6.42 Å². The molecule has 5 nitrogen and oxygen atoms in total. The third kappa shape index (κ3) is 3.16. The zero-order valence-corrected chi connectivity index (χ0v) is 12.3. The molecule has 0 bridgehead atoms. The normalized spacial score (nSPS) is 21.4. The monoisotopic (exact) mass is 303 g/mol. The van der Waals surface area contributed by atoms with Crippen molar-refractivity contribution in [2.75, 3.05) is 6.54 Å². The number of sulfonamides is 1. The van der Waals surface area contributed by atoms with Crippen molar-refractivity contribution in [3.63, 3.8) is 0 Å². The van der Waals surface area contributed by atoms with Crippen molar-refractivity contribution >= 4 is 27.3 Å². The van der Waals surface area contributed by atoms with Gasteiger partial charge in [0, 0.05) is 17.5 Å². The van der Waals surface area contributed by atoms with E-state index in [-0.39, 0.29) is 16.7 Å². The third-order valence-electron chi connectivity index (χ3n) is 3.27. The summed E-state index contributed by atoms with van der Waals surface area (Å²) in [5.74, 6) is -0.947.